The highest BCUT2D eigenvalue weighted by molar-refractivity contribution is 7.91. The third-order valence-electron chi connectivity index (χ3n) is 2.13. The van der Waals surface area contributed by atoms with Crippen LogP contribution in [0.2, 0.25) is 0 Å². The summed E-state index contributed by atoms with van der Waals surface area (Å²) in [6.07, 6.45) is 1.10. The molecule has 0 aromatic carbocycles. The van der Waals surface area contributed by atoms with Crippen LogP contribution in [-0.4, -0.2) is 37.7 Å². The van der Waals surface area contributed by atoms with Crippen molar-refractivity contribution in [2.75, 3.05) is 12.9 Å². The molecule has 0 aliphatic rings. The Labute approximate surface area is 80.1 Å². The van der Waals surface area contributed by atoms with E-state index in [9.17, 15) is 8.42 Å². The van der Waals surface area contributed by atoms with Crippen LogP contribution in [-0.2, 0) is 9.84 Å². The fraction of sp³-hybridized carbons (Fsp3) is 1.00. The summed E-state index contributed by atoms with van der Waals surface area (Å²) in [5.41, 5.74) is 5.43. The van der Waals surface area contributed by atoms with Gasteiger partial charge in [-0.25, -0.2) is 8.42 Å². The maximum atomic E-state index is 11.2. The van der Waals surface area contributed by atoms with Crippen LogP contribution in [0, 0.1) is 5.41 Å². The molecule has 80 valence electrons. The first-order chi connectivity index (χ1) is 5.60. The van der Waals surface area contributed by atoms with Gasteiger partial charge in [0.05, 0.1) is 11.9 Å². The van der Waals surface area contributed by atoms with Gasteiger partial charge in [0.2, 0.25) is 0 Å². The molecule has 0 heterocycles. The largest absolute Gasteiger partial charge is 0.395 e. The molecule has 0 fully saturated rings. The van der Waals surface area contributed by atoms with Gasteiger partial charge in [0, 0.05) is 12.3 Å². The minimum Gasteiger partial charge on any atom is -0.395 e. The SMILES string of the molecule is CC(C)(C)[C@@H](N)[C@H](CO)S(C)(=O)=O. The van der Waals surface area contributed by atoms with Crippen molar-refractivity contribution in [2.24, 2.45) is 11.1 Å². The van der Waals surface area contributed by atoms with E-state index in [-0.39, 0.29) is 5.41 Å². The molecule has 0 aromatic heterocycles. The molecule has 0 aromatic rings. The lowest BCUT2D eigenvalue weighted by Crippen LogP contribution is -2.50. The molecule has 0 unspecified atom stereocenters. The van der Waals surface area contributed by atoms with E-state index >= 15 is 0 Å². The van der Waals surface area contributed by atoms with E-state index < -0.39 is 27.7 Å². The van der Waals surface area contributed by atoms with Crippen molar-refractivity contribution in [2.45, 2.75) is 32.1 Å². The molecule has 0 amide bonds. The van der Waals surface area contributed by atoms with Crippen molar-refractivity contribution >= 4 is 9.84 Å². The lowest BCUT2D eigenvalue weighted by atomic mass is 9.85. The molecule has 5 heteroatoms. The third-order valence-corrected chi connectivity index (χ3v) is 3.67. The van der Waals surface area contributed by atoms with E-state index in [0.717, 1.165) is 6.26 Å². The van der Waals surface area contributed by atoms with Gasteiger partial charge in [-0.05, 0) is 5.41 Å². The van der Waals surface area contributed by atoms with Crippen LogP contribution < -0.4 is 5.73 Å². The van der Waals surface area contributed by atoms with Crippen LogP contribution in [0.5, 0.6) is 0 Å². The van der Waals surface area contributed by atoms with Crippen LogP contribution in [0.4, 0.5) is 0 Å². The van der Waals surface area contributed by atoms with Gasteiger partial charge in [-0.2, -0.15) is 0 Å². The Morgan fingerprint density at radius 3 is 1.85 bits per heavy atom. The van der Waals surface area contributed by atoms with Gasteiger partial charge in [0.1, 0.15) is 0 Å². The van der Waals surface area contributed by atoms with Gasteiger partial charge in [-0.15, -0.1) is 0 Å². The zero-order valence-corrected chi connectivity index (χ0v) is 9.43. The molecule has 0 saturated carbocycles. The summed E-state index contributed by atoms with van der Waals surface area (Å²) in [6.45, 7) is 5.14. The summed E-state index contributed by atoms with van der Waals surface area (Å²) in [4.78, 5) is 0. The molecule has 0 saturated heterocycles. The summed E-state index contributed by atoms with van der Waals surface area (Å²) in [5, 5.41) is 8.07. The second-order valence-electron chi connectivity index (χ2n) is 4.44. The first-order valence-electron chi connectivity index (χ1n) is 4.16. The Bertz CT molecular complexity index is 253. The fourth-order valence-electron chi connectivity index (χ4n) is 1.07. The lowest BCUT2D eigenvalue weighted by Gasteiger charge is -2.32. The zero-order chi connectivity index (χ0) is 10.9. The van der Waals surface area contributed by atoms with Crippen molar-refractivity contribution in [3.8, 4) is 0 Å². The summed E-state index contributed by atoms with van der Waals surface area (Å²) >= 11 is 0. The highest BCUT2D eigenvalue weighted by Gasteiger charge is 2.34. The molecule has 4 nitrogen and oxygen atoms in total. The number of nitrogens with two attached hydrogens (primary N) is 1. The minimum absolute atomic E-state index is 0.323. The van der Waals surface area contributed by atoms with E-state index in [1.165, 1.54) is 0 Å². The summed E-state index contributed by atoms with van der Waals surface area (Å²) in [7, 11) is -3.27. The van der Waals surface area contributed by atoms with Crippen molar-refractivity contribution in [3.05, 3.63) is 0 Å². The van der Waals surface area contributed by atoms with Gasteiger partial charge >= 0.3 is 0 Å². The van der Waals surface area contributed by atoms with E-state index in [1.54, 1.807) is 0 Å². The molecule has 0 spiro atoms. The average molecular weight is 209 g/mol. The molecule has 0 aliphatic heterocycles. The maximum absolute atomic E-state index is 11.2. The lowest BCUT2D eigenvalue weighted by molar-refractivity contribution is 0.228. The highest BCUT2D eigenvalue weighted by atomic mass is 32.2. The monoisotopic (exact) mass is 209 g/mol. The van der Waals surface area contributed by atoms with E-state index in [0.29, 0.717) is 0 Å². The third kappa shape index (κ3) is 3.62. The first kappa shape index (κ1) is 12.9. The fourth-order valence-corrected chi connectivity index (χ4v) is 2.28. The second kappa shape index (κ2) is 3.94. The predicted molar refractivity (Wildman–Crippen MR) is 53.1 cm³/mol. The number of sulfone groups is 1. The van der Waals surface area contributed by atoms with Gasteiger partial charge in [-0.1, -0.05) is 20.8 Å². The molecule has 0 bridgehead atoms. The Kier molecular flexibility index (Phi) is 3.90. The molecular weight excluding hydrogens is 190 g/mol. The van der Waals surface area contributed by atoms with Crippen LogP contribution in [0.15, 0.2) is 0 Å². The second-order valence-corrected chi connectivity index (χ2v) is 6.71. The summed E-state index contributed by atoms with van der Waals surface area (Å²) < 4.78 is 22.4. The standard InChI is InChI=1S/C8H19NO3S/c1-8(2,3)7(9)6(5-10)13(4,11)12/h6-7,10H,5,9H2,1-4H3/t6-,7-/m0/s1. The smallest absolute Gasteiger partial charge is 0.154 e. The van der Waals surface area contributed by atoms with Crippen LogP contribution in [0.3, 0.4) is 0 Å². The molecule has 0 aliphatic carbocycles. The minimum atomic E-state index is -3.27. The molecule has 13 heavy (non-hydrogen) atoms. The Hall–Kier alpha value is -0.130. The van der Waals surface area contributed by atoms with Crippen LogP contribution in [0.25, 0.3) is 0 Å². The van der Waals surface area contributed by atoms with E-state index in [4.69, 9.17) is 10.8 Å². The Morgan fingerprint density at radius 1 is 1.38 bits per heavy atom. The maximum Gasteiger partial charge on any atom is 0.154 e. The quantitative estimate of drug-likeness (QED) is 0.672. The number of aliphatic hydroxyl groups is 1. The van der Waals surface area contributed by atoms with Gasteiger partial charge in [-0.3, -0.25) is 0 Å². The van der Waals surface area contributed by atoms with Gasteiger partial charge in [0.15, 0.2) is 9.84 Å². The summed E-state index contributed by atoms with van der Waals surface area (Å²) in [5.74, 6) is 0. The normalized spacial score (nSPS) is 18.3. The number of hydrogen-bond donors (Lipinski definition) is 2. The Balaban J connectivity index is 4.82. The predicted octanol–water partition coefficient (Wildman–Crippen LogP) is -0.235. The average Bonchev–Trinajstić information content (AvgIpc) is 1.83. The first-order valence-corrected chi connectivity index (χ1v) is 6.11. The van der Waals surface area contributed by atoms with Crippen molar-refractivity contribution in [1.82, 2.24) is 0 Å². The van der Waals surface area contributed by atoms with Crippen LogP contribution in [0.1, 0.15) is 20.8 Å². The van der Waals surface area contributed by atoms with Gasteiger partial charge < -0.3 is 10.8 Å². The summed E-state index contributed by atoms with van der Waals surface area (Å²) in [6, 6.07) is -0.549. The van der Waals surface area contributed by atoms with Crippen molar-refractivity contribution in [3.63, 3.8) is 0 Å². The van der Waals surface area contributed by atoms with E-state index in [1.807, 2.05) is 20.8 Å². The molecule has 3 N–H and O–H groups in total. The zero-order valence-electron chi connectivity index (χ0n) is 8.61. The molecule has 2 atom stereocenters. The van der Waals surface area contributed by atoms with Crippen LogP contribution >= 0.6 is 0 Å². The van der Waals surface area contributed by atoms with Crippen molar-refractivity contribution < 1.29 is 13.5 Å². The van der Waals surface area contributed by atoms with Gasteiger partial charge in [0.25, 0.3) is 0 Å². The Morgan fingerprint density at radius 2 is 1.77 bits per heavy atom. The molecule has 0 rings (SSSR count). The van der Waals surface area contributed by atoms with Crippen molar-refractivity contribution in [1.29, 1.82) is 0 Å². The highest BCUT2D eigenvalue weighted by Crippen LogP contribution is 2.22. The number of hydrogen-bond acceptors (Lipinski definition) is 4. The number of rotatable bonds is 3. The number of aliphatic hydroxyl groups excluding tert-OH is 1. The van der Waals surface area contributed by atoms with E-state index in [2.05, 4.69) is 0 Å². The molecule has 0 radical (unpaired) electrons. The molecular formula is C8H19NO3S. The topological polar surface area (TPSA) is 80.4 Å².